The van der Waals surface area contributed by atoms with Gasteiger partial charge in [-0.25, -0.2) is 8.78 Å². The lowest BCUT2D eigenvalue weighted by Crippen LogP contribution is -2.40. The second kappa shape index (κ2) is 6.09. The molecule has 1 aromatic rings. The minimum Gasteiger partial charge on any atom is -0.352 e. The van der Waals surface area contributed by atoms with Crippen LogP contribution in [0, 0.1) is 11.6 Å². The molecule has 0 fully saturated rings. The van der Waals surface area contributed by atoms with Crippen molar-refractivity contribution < 1.29 is 18.4 Å². The molecular weight excluding hydrogens is 242 g/mol. The van der Waals surface area contributed by atoms with E-state index < -0.39 is 29.0 Å². The van der Waals surface area contributed by atoms with E-state index in [2.05, 4.69) is 10.6 Å². The third-order valence-corrected chi connectivity index (χ3v) is 2.03. The van der Waals surface area contributed by atoms with E-state index in [0.29, 0.717) is 0 Å². The monoisotopic (exact) mass is 256 g/mol. The predicted molar refractivity (Wildman–Crippen MR) is 62.0 cm³/mol. The Kier molecular flexibility index (Phi) is 4.76. The van der Waals surface area contributed by atoms with E-state index in [0.717, 1.165) is 18.2 Å². The Bertz CT molecular complexity index is 461. The van der Waals surface area contributed by atoms with E-state index in [1.165, 1.54) is 0 Å². The van der Waals surface area contributed by atoms with Crippen LogP contribution in [-0.2, 0) is 4.79 Å². The van der Waals surface area contributed by atoms with Crippen molar-refractivity contribution in [2.45, 2.75) is 19.9 Å². The van der Waals surface area contributed by atoms with Gasteiger partial charge in [-0.1, -0.05) is 0 Å². The molecule has 18 heavy (non-hydrogen) atoms. The summed E-state index contributed by atoms with van der Waals surface area (Å²) in [6, 6.07) is 2.50. The molecule has 0 unspecified atom stereocenters. The third kappa shape index (κ3) is 4.12. The van der Waals surface area contributed by atoms with Crippen LogP contribution in [0.4, 0.5) is 8.78 Å². The van der Waals surface area contributed by atoms with Gasteiger partial charge in [-0.15, -0.1) is 0 Å². The minimum atomic E-state index is -0.835. The summed E-state index contributed by atoms with van der Waals surface area (Å²) in [6.45, 7) is 3.25. The third-order valence-electron chi connectivity index (χ3n) is 2.03. The smallest absolute Gasteiger partial charge is 0.254 e. The molecule has 0 atom stereocenters. The van der Waals surface area contributed by atoms with Gasteiger partial charge in [0.15, 0.2) is 0 Å². The first kappa shape index (κ1) is 14.1. The molecule has 2 N–H and O–H groups in total. The van der Waals surface area contributed by atoms with Crippen LogP contribution in [-0.4, -0.2) is 24.4 Å². The van der Waals surface area contributed by atoms with E-state index in [4.69, 9.17) is 0 Å². The van der Waals surface area contributed by atoms with Crippen molar-refractivity contribution in [2.75, 3.05) is 6.54 Å². The second-order valence-electron chi connectivity index (χ2n) is 4.03. The highest BCUT2D eigenvalue weighted by molar-refractivity contribution is 5.96. The van der Waals surface area contributed by atoms with Crippen LogP contribution in [0.5, 0.6) is 0 Å². The lowest BCUT2D eigenvalue weighted by Gasteiger charge is -2.09. The standard InChI is InChI=1S/C12H14F2N2O2/c1-7(2)16-11(17)6-15-12(18)9-5-8(13)3-4-10(9)14/h3-5,7H,6H2,1-2H3,(H,15,18)(H,16,17). The maximum absolute atomic E-state index is 13.2. The van der Waals surface area contributed by atoms with Gasteiger partial charge in [-0.2, -0.15) is 0 Å². The van der Waals surface area contributed by atoms with Crippen molar-refractivity contribution in [1.29, 1.82) is 0 Å². The molecule has 98 valence electrons. The molecule has 0 radical (unpaired) electrons. The van der Waals surface area contributed by atoms with Crippen LogP contribution < -0.4 is 10.6 Å². The quantitative estimate of drug-likeness (QED) is 0.851. The number of amides is 2. The topological polar surface area (TPSA) is 58.2 Å². The van der Waals surface area contributed by atoms with Gasteiger partial charge in [-0.3, -0.25) is 9.59 Å². The molecule has 1 aromatic carbocycles. The zero-order valence-electron chi connectivity index (χ0n) is 10.1. The molecule has 0 aliphatic heterocycles. The van der Waals surface area contributed by atoms with Gasteiger partial charge in [0, 0.05) is 6.04 Å². The van der Waals surface area contributed by atoms with Gasteiger partial charge >= 0.3 is 0 Å². The number of halogens is 2. The maximum Gasteiger partial charge on any atom is 0.254 e. The van der Waals surface area contributed by atoms with Crippen LogP contribution in [0.1, 0.15) is 24.2 Å². The van der Waals surface area contributed by atoms with Crippen molar-refractivity contribution in [2.24, 2.45) is 0 Å². The van der Waals surface area contributed by atoms with Crippen molar-refractivity contribution in [3.8, 4) is 0 Å². The second-order valence-corrected chi connectivity index (χ2v) is 4.03. The fraction of sp³-hybridized carbons (Fsp3) is 0.333. The minimum absolute atomic E-state index is 0.0553. The molecular formula is C12H14F2N2O2. The summed E-state index contributed by atoms with van der Waals surface area (Å²) in [4.78, 5) is 22.8. The molecule has 6 heteroatoms. The zero-order valence-corrected chi connectivity index (χ0v) is 10.1. The van der Waals surface area contributed by atoms with E-state index in [-0.39, 0.29) is 12.6 Å². The number of nitrogens with one attached hydrogen (secondary N) is 2. The Morgan fingerprint density at radius 3 is 2.56 bits per heavy atom. The first-order valence-corrected chi connectivity index (χ1v) is 5.42. The van der Waals surface area contributed by atoms with E-state index in [9.17, 15) is 18.4 Å². The number of hydrogen-bond acceptors (Lipinski definition) is 2. The largest absolute Gasteiger partial charge is 0.352 e. The average molecular weight is 256 g/mol. The highest BCUT2D eigenvalue weighted by atomic mass is 19.1. The number of carbonyl (C=O) groups is 2. The van der Waals surface area contributed by atoms with E-state index in [1.807, 2.05) is 0 Å². The zero-order chi connectivity index (χ0) is 13.7. The molecule has 0 aromatic heterocycles. The van der Waals surface area contributed by atoms with E-state index in [1.54, 1.807) is 13.8 Å². The summed E-state index contributed by atoms with van der Waals surface area (Å²) in [6.07, 6.45) is 0. The van der Waals surface area contributed by atoms with Crippen molar-refractivity contribution in [3.63, 3.8) is 0 Å². The van der Waals surface area contributed by atoms with Gasteiger partial charge in [-0.05, 0) is 32.0 Å². The van der Waals surface area contributed by atoms with E-state index >= 15 is 0 Å². The maximum atomic E-state index is 13.2. The van der Waals surface area contributed by atoms with Crippen LogP contribution in [0.2, 0.25) is 0 Å². The first-order chi connectivity index (χ1) is 8.40. The predicted octanol–water partition coefficient (Wildman–Crippen LogP) is 1.22. The average Bonchev–Trinajstić information content (AvgIpc) is 2.28. The number of rotatable bonds is 4. The lowest BCUT2D eigenvalue weighted by molar-refractivity contribution is -0.120. The Labute approximate surface area is 103 Å². The van der Waals surface area contributed by atoms with Crippen LogP contribution in [0.25, 0.3) is 0 Å². The molecule has 0 aliphatic rings. The summed E-state index contributed by atoms with van der Waals surface area (Å²) in [5, 5.41) is 4.77. The van der Waals surface area contributed by atoms with Crippen molar-refractivity contribution in [1.82, 2.24) is 10.6 Å². The normalized spacial score (nSPS) is 10.3. The number of carbonyl (C=O) groups excluding carboxylic acids is 2. The molecule has 4 nitrogen and oxygen atoms in total. The summed E-state index contributed by atoms with van der Waals surface area (Å²) in [7, 11) is 0. The summed E-state index contributed by atoms with van der Waals surface area (Å²) in [5.74, 6) is -2.77. The van der Waals surface area contributed by atoms with Gasteiger partial charge in [0.2, 0.25) is 5.91 Å². The van der Waals surface area contributed by atoms with Crippen molar-refractivity contribution in [3.05, 3.63) is 35.4 Å². The highest BCUT2D eigenvalue weighted by Crippen LogP contribution is 2.09. The number of hydrogen-bond donors (Lipinski definition) is 2. The van der Waals surface area contributed by atoms with Crippen LogP contribution >= 0.6 is 0 Å². The fourth-order valence-corrected chi connectivity index (χ4v) is 1.30. The Balaban J connectivity index is 2.60. The summed E-state index contributed by atoms with van der Waals surface area (Å²) < 4.78 is 26.1. The van der Waals surface area contributed by atoms with Gasteiger partial charge in [0.05, 0.1) is 12.1 Å². The van der Waals surface area contributed by atoms with Gasteiger partial charge in [0.1, 0.15) is 11.6 Å². The van der Waals surface area contributed by atoms with Gasteiger partial charge < -0.3 is 10.6 Å². The molecule has 0 saturated heterocycles. The lowest BCUT2D eigenvalue weighted by atomic mass is 10.2. The molecule has 1 rings (SSSR count). The fourth-order valence-electron chi connectivity index (χ4n) is 1.30. The number of benzene rings is 1. The van der Waals surface area contributed by atoms with Crippen LogP contribution in [0.15, 0.2) is 18.2 Å². The van der Waals surface area contributed by atoms with Gasteiger partial charge in [0.25, 0.3) is 5.91 Å². The Morgan fingerprint density at radius 2 is 1.94 bits per heavy atom. The Morgan fingerprint density at radius 1 is 1.28 bits per heavy atom. The molecule has 0 saturated carbocycles. The van der Waals surface area contributed by atoms with Crippen molar-refractivity contribution >= 4 is 11.8 Å². The molecule has 0 bridgehead atoms. The van der Waals surface area contributed by atoms with Crippen LogP contribution in [0.3, 0.4) is 0 Å². The molecule has 0 spiro atoms. The Hall–Kier alpha value is -1.98. The summed E-state index contributed by atoms with van der Waals surface area (Å²) in [5.41, 5.74) is -0.424. The molecule has 0 aliphatic carbocycles. The first-order valence-electron chi connectivity index (χ1n) is 5.42. The highest BCUT2D eigenvalue weighted by Gasteiger charge is 2.13. The molecule has 0 heterocycles. The molecule has 2 amide bonds. The SMILES string of the molecule is CC(C)NC(=O)CNC(=O)c1cc(F)ccc1F. The summed E-state index contributed by atoms with van der Waals surface area (Å²) >= 11 is 0.